The van der Waals surface area contributed by atoms with Crippen molar-refractivity contribution in [2.75, 3.05) is 0 Å². The van der Waals surface area contributed by atoms with Crippen molar-refractivity contribution < 1.29 is 4.79 Å². The number of aromatic nitrogens is 2. The molecule has 2 aromatic carbocycles. The van der Waals surface area contributed by atoms with Crippen molar-refractivity contribution in [2.24, 2.45) is 0 Å². The fraction of sp³-hybridized carbons (Fsp3) is 0.0667. The fourth-order valence-corrected chi connectivity index (χ4v) is 2.23. The van der Waals surface area contributed by atoms with Crippen LogP contribution in [0.1, 0.15) is 10.4 Å². The third kappa shape index (κ3) is 2.37. The summed E-state index contributed by atoms with van der Waals surface area (Å²) in [5.41, 5.74) is 2.46. The maximum absolute atomic E-state index is 12.2. The zero-order valence-corrected chi connectivity index (χ0v) is 10.8. The quantitative estimate of drug-likeness (QED) is 0.682. The molecule has 19 heavy (non-hydrogen) atoms. The molecule has 3 aromatic rings. The smallest absolute Gasteiger partial charge is 0.182 e. The van der Waals surface area contributed by atoms with E-state index in [1.54, 1.807) is 30.6 Å². The van der Waals surface area contributed by atoms with E-state index in [0.717, 1.165) is 11.0 Å². The van der Waals surface area contributed by atoms with Gasteiger partial charge in [0.2, 0.25) is 0 Å². The third-order valence-electron chi connectivity index (χ3n) is 2.99. The van der Waals surface area contributed by atoms with Crippen LogP contribution in [0.5, 0.6) is 0 Å². The molecule has 1 heterocycles. The number of hydrogen-bond donors (Lipinski definition) is 0. The summed E-state index contributed by atoms with van der Waals surface area (Å²) in [6.45, 7) is 0.265. The van der Waals surface area contributed by atoms with Gasteiger partial charge < -0.3 is 4.57 Å². The molecule has 0 aliphatic heterocycles. The van der Waals surface area contributed by atoms with Crippen LogP contribution in [0.15, 0.2) is 54.9 Å². The van der Waals surface area contributed by atoms with Crippen LogP contribution in [0.4, 0.5) is 0 Å². The average Bonchev–Trinajstić information content (AvgIpc) is 2.82. The van der Waals surface area contributed by atoms with Gasteiger partial charge in [0.15, 0.2) is 5.78 Å². The van der Waals surface area contributed by atoms with Crippen molar-refractivity contribution in [3.8, 4) is 0 Å². The first-order chi connectivity index (χ1) is 9.24. The molecule has 0 aliphatic carbocycles. The molecule has 0 aliphatic rings. The Morgan fingerprint density at radius 2 is 2.00 bits per heavy atom. The lowest BCUT2D eigenvalue weighted by atomic mass is 10.1. The molecule has 0 spiro atoms. The van der Waals surface area contributed by atoms with Gasteiger partial charge in [-0.05, 0) is 24.3 Å². The van der Waals surface area contributed by atoms with Gasteiger partial charge in [0.25, 0.3) is 0 Å². The minimum atomic E-state index is 0.0191. The largest absolute Gasteiger partial charge is 0.323 e. The van der Waals surface area contributed by atoms with Crippen molar-refractivity contribution in [1.82, 2.24) is 9.55 Å². The van der Waals surface area contributed by atoms with Crippen LogP contribution in [-0.4, -0.2) is 15.3 Å². The molecule has 4 heteroatoms. The summed E-state index contributed by atoms with van der Waals surface area (Å²) in [6, 6.07) is 14.7. The summed E-state index contributed by atoms with van der Waals surface area (Å²) in [7, 11) is 0. The molecule has 3 nitrogen and oxygen atoms in total. The molecule has 0 atom stereocenters. The highest BCUT2D eigenvalue weighted by Crippen LogP contribution is 2.15. The number of hydrogen-bond acceptors (Lipinski definition) is 2. The molecule has 0 bridgehead atoms. The lowest BCUT2D eigenvalue weighted by molar-refractivity contribution is 0.0973. The second kappa shape index (κ2) is 4.86. The first kappa shape index (κ1) is 11.9. The van der Waals surface area contributed by atoms with E-state index in [1.807, 2.05) is 28.8 Å². The highest BCUT2D eigenvalue weighted by Gasteiger charge is 2.09. The number of rotatable bonds is 3. The number of carbonyl (C=O) groups excluding carboxylic acids is 1. The predicted molar refractivity (Wildman–Crippen MR) is 75.5 cm³/mol. The van der Waals surface area contributed by atoms with E-state index in [-0.39, 0.29) is 12.3 Å². The van der Waals surface area contributed by atoms with Crippen molar-refractivity contribution in [1.29, 1.82) is 0 Å². The molecule has 3 rings (SSSR count). The molecule has 0 saturated carbocycles. The molecule has 0 N–H and O–H groups in total. The van der Waals surface area contributed by atoms with Crippen molar-refractivity contribution in [3.05, 3.63) is 65.4 Å². The number of ketones is 1. The summed E-state index contributed by atoms with van der Waals surface area (Å²) < 4.78 is 1.85. The summed E-state index contributed by atoms with van der Waals surface area (Å²) in [4.78, 5) is 16.5. The average molecular weight is 271 g/mol. The maximum atomic E-state index is 12.2. The number of benzene rings is 2. The molecule has 0 radical (unpaired) electrons. The number of halogens is 1. The fourth-order valence-electron chi connectivity index (χ4n) is 2.04. The molecule has 0 saturated heterocycles. The maximum Gasteiger partial charge on any atom is 0.182 e. The molecular weight excluding hydrogens is 260 g/mol. The highest BCUT2D eigenvalue weighted by atomic mass is 35.5. The number of carbonyl (C=O) groups is 1. The van der Waals surface area contributed by atoms with E-state index in [0.29, 0.717) is 10.6 Å². The molecular formula is C15H11ClN2O. The highest BCUT2D eigenvalue weighted by molar-refractivity contribution is 6.31. The molecule has 0 unspecified atom stereocenters. The van der Waals surface area contributed by atoms with Gasteiger partial charge >= 0.3 is 0 Å². The molecule has 0 amide bonds. The van der Waals surface area contributed by atoms with E-state index >= 15 is 0 Å². The Balaban J connectivity index is 1.91. The zero-order valence-electron chi connectivity index (χ0n) is 10.1. The van der Waals surface area contributed by atoms with Crippen LogP contribution in [0.25, 0.3) is 11.0 Å². The van der Waals surface area contributed by atoms with E-state index in [4.69, 9.17) is 11.6 Å². The first-order valence-corrected chi connectivity index (χ1v) is 6.30. The number of imidazole rings is 1. The van der Waals surface area contributed by atoms with Crippen LogP contribution in [-0.2, 0) is 6.54 Å². The second-order valence-corrected chi connectivity index (χ2v) is 4.73. The SMILES string of the molecule is O=C(Cn1cnc2ccccc21)c1cccc(Cl)c1. The van der Waals surface area contributed by atoms with Gasteiger partial charge in [-0.25, -0.2) is 4.98 Å². The number of nitrogens with zero attached hydrogens (tertiary/aromatic N) is 2. The summed E-state index contributed by atoms with van der Waals surface area (Å²) >= 11 is 5.89. The Labute approximate surface area is 115 Å². The van der Waals surface area contributed by atoms with Gasteiger partial charge in [0.1, 0.15) is 0 Å². The van der Waals surface area contributed by atoms with E-state index in [2.05, 4.69) is 4.98 Å². The van der Waals surface area contributed by atoms with Crippen LogP contribution >= 0.6 is 11.6 Å². The standard InChI is InChI=1S/C15H11ClN2O/c16-12-5-3-4-11(8-12)15(19)9-18-10-17-13-6-1-2-7-14(13)18/h1-8,10H,9H2. The van der Waals surface area contributed by atoms with E-state index in [9.17, 15) is 4.79 Å². The molecule has 94 valence electrons. The number of para-hydroxylation sites is 2. The monoisotopic (exact) mass is 270 g/mol. The zero-order chi connectivity index (χ0) is 13.2. The first-order valence-electron chi connectivity index (χ1n) is 5.93. The Morgan fingerprint density at radius 3 is 2.84 bits per heavy atom. The predicted octanol–water partition coefficient (Wildman–Crippen LogP) is 3.57. The van der Waals surface area contributed by atoms with Gasteiger partial charge in [0.05, 0.1) is 23.9 Å². The molecule has 0 fully saturated rings. The topological polar surface area (TPSA) is 34.9 Å². The van der Waals surface area contributed by atoms with Crippen molar-refractivity contribution in [3.63, 3.8) is 0 Å². The van der Waals surface area contributed by atoms with Gasteiger partial charge in [-0.2, -0.15) is 0 Å². The van der Waals surface area contributed by atoms with Gasteiger partial charge in [-0.15, -0.1) is 0 Å². The van der Waals surface area contributed by atoms with Crippen molar-refractivity contribution >= 4 is 28.4 Å². The minimum Gasteiger partial charge on any atom is -0.323 e. The van der Waals surface area contributed by atoms with Crippen molar-refractivity contribution in [2.45, 2.75) is 6.54 Å². The normalized spacial score (nSPS) is 10.8. The van der Waals surface area contributed by atoms with Crippen LogP contribution < -0.4 is 0 Å². The van der Waals surface area contributed by atoms with Crippen LogP contribution in [0.3, 0.4) is 0 Å². The third-order valence-corrected chi connectivity index (χ3v) is 3.22. The van der Waals surface area contributed by atoms with Crippen LogP contribution in [0, 0.1) is 0 Å². The van der Waals surface area contributed by atoms with E-state index < -0.39 is 0 Å². The lowest BCUT2D eigenvalue weighted by Gasteiger charge is -2.04. The summed E-state index contributed by atoms with van der Waals surface area (Å²) in [5.74, 6) is 0.0191. The lowest BCUT2D eigenvalue weighted by Crippen LogP contribution is -2.09. The van der Waals surface area contributed by atoms with Gasteiger partial charge in [-0.1, -0.05) is 35.9 Å². The van der Waals surface area contributed by atoms with Gasteiger partial charge in [-0.3, -0.25) is 4.79 Å². The Hall–Kier alpha value is -2.13. The number of Topliss-reactive ketones (excluding diaryl/α,β-unsaturated/α-hetero) is 1. The summed E-state index contributed by atoms with van der Waals surface area (Å²) in [5, 5.41) is 0.571. The summed E-state index contributed by atoms with van der Waals surface area (Å²) in [6.07, 6.45) is 1.69. The van der Waals surface area contributed by atoms with Gasteiger partial charge in [0, 0.05) is 10.6 Å². The molecule has 1 aromatic heterocycles. The van der Waals surface area contributed by atoms with Crippen LogP contribution in [0.2, 0.25) is 5.02 Å². The Morgan fingerprint density at radius 1 is 1.16 bits per heavy atom. The minimum absolute atomic E-state index is 0.0191. The Bertz CT molecular complexity index is 748. The van der Waals surface area contributed by atoms with E-state index in [1.165, 1.54) is 0 Å². The Kier molecular flexibility index (Phi) is 3.05. The second-order valence-electron chi connectivity index (χ2n) is 4.29. The number of fused-ring (bicyclic) bond motifs is 1.